The Morgan fingerprint density at radius 2 is 0.755 bits per heavy atom. The summed E-state index contributed by atoms with van der Waals surface area (Å²) >= 11 is 0. The first-order valence-corrected chi connectivity index (χ1v) is 30.5. The number of carbonyl (C=O) groups excluding carboxylic acids is 4. The SMILES string of the molecule is C=C(C)CN1CCc2c(c(=O)oc3c(C=O)c(O)ccc23)C1.CC(=N)N1CCc2c(c(=O)oc3c(C=O)c(O)ccc23)C1.Cc1ccc(CN2CCc3c(c(=O)oc4c(C=O)c(O)ccc34)C2)cc1.O=Cc1c(O)ccc2c3c(c(=O)oc12)CN(Cc1ccccc1)CC3. The van der Waals surface area contributed by atoms with Gasteiger partial charge in [-0.3, -0.25) is 39.3 Å². The van der Waals surface area contributed by atoms with Crippen LogP contribution in [-0.2, 0) is 65.0 Å². The van der Waals surface area contributed by atoms with E-state index in [-0.39, 0.29) is 67.6 Å². The lowest BCUT2D eigenvalue weighted by Crippen LogP contribution is -2.36. The van der Waals surface area contributed by atoms with E-state index in [0.717, 1.165) is 83.3 Å². The van der Waals surface area contributed by atoms with E-state index in [1.807, 2.05) is 25.1 Å². The first-order valence-electron chi connectivity index (χ1n) is 30.5. The first-order chi connectivity index (χ1) is 45.3. The molecule has 480 valence electrons. The van der Waals surface area contributed by atoms with Crippen molar-refractivity contribution in [3.8, 4) is 23.0 Å². The van der Waals surface area contributed by atoms with Crippen molar-refractivity contribution in [2.24, 2.45) is 0 Å². The monoisotopic (exact) mass is 1270 g/mol. The highest BCUT2D eigenvalue weighted by Crippen LogP contribution is 2.36. The quantitative estimate of drug-likeness (QED) is 0.0279. The Morgan fingerprint density at radius 1 is 0.436 bits per heavy atom. The van der Waals surface area contributed by atoms with Gasteiger partial charge in [-0.2, -0.15) is 0 Å². The molecule has 94 heavy (non-hydrogen) atoms. The van der Waals surface area contributed by atoms with Crippen LogP contribution in [0, 0.1) is 12.3 Å². The number of aromatic hydroxyl groups is 4. The molecule has 21 nitrogen and oxygen atoms in total. The zero-order chi connectivity index (χ0) is 66.6. The number of phenolic OH excluding ortho intramolecular Hbond substituents is 4. The van der Waals surface area contributed by atoms with E-state index in [1.165, 1.54) is 41.0 Å². The Kier molecular flexibility index (Phi) is 18.9. The molecule has 0 saturated carbocycles. The number of rotatable bonds is 10. The molecular weight excluding hydrogens is 1200 g/mol. The molecule has 0 fully saturated rings. The molecular formula is C73H67N5O16. The number of aryl methyl sites for hydroxylation is 1. The average molecular weight is 1270 g/mol. The molecule has 0 bridgehead atoms. The lowest BCUT2D eigenvalue weighted by molar-refractivity contribution is 0.111. The van der Waals surface area contributed by atoms with Crippen molar-refractivity contribution < 1.29 is 57.3 Å². The molecule has 4 aromatic heterocycles. The molecule has 0 radical (unpaired) electrons. The number of nitrogens with zero attached hydrogens (tertiary/aromatic N) is 4. The molecule has 0 saturated heterocycles. The fourth-order valence-electron chi connectivity index (χ4n) is 12.8. The van der Waals surface area contributed by atoms with Crippen LogP contribution in [0.2, 0.25) is 0 Å². The van der Waals surface area contributed by atoms with Gasteiger partial charge in [0, 0.05) is 87.0 Å². The van der Waals surface area contributed by atoms with Gasteiger partial charge in [0.15, 0.2) is 47.5 Å². The molecule has 10 aromatic rings. The van der Waals surface area contributed by atoms with Crippen LogP contribution < -0.4 is 22.5 Å². The fraction of sp³-hybridized carbons (Fsp3) is 0.247. The van der Waals surface area contributed by atoms with Crippen LogP contribution in [-0.4, -0.2) is 104 Å². The number of fused-ring (bicyclic) bond motifs is 12. The molecule has 4 aliphatic rings. The minimum absolute atomic E-state index is 0.00179. The zero-order valence-electron chi connectivity index (χ0n) is 51.9. The van der Waals surface area contributed by atoms with E-state index in [9.17, 15) is 58.8 Å². The average Bonchev–Trinajstić information content (AvgIpc) is 0.821. The van der Waals surface area contributed by atoms with Gasteiger partial charge in [0.25, 0.3) is 0 Å². The number of phenols is 4. The standard InChI is InChI=1S/C21H19NO4.C20H17NO4.C17H17NO4.C15H14N2O4/c1-13-2-4-14(5-3-13)10-22-9-8-15-16-6-7-19(24)18(12-23)20(16)26-21(25)17(15)11-22;22-12-17-18(23)7-6-15-14-8-9-21(10-13-4-2-1-3-5-13)11-16(14)20(24)25-19(15)17;1-10(2)7-18-6-5-11-12-3-4-15(20)14(9-19)16(12)22-17(21)13(11)8-18;1-8(16)17-5-4-9-10-2-3-13(19)12(7-18)14(10)21-15(20)11(9)6-17/h2-7,12,24H,8-11H2,1H3;1-7,12,23H,8-11H2;3-4,9,20H,1,5-8H2,2H3;2-3,7,16,19H,4-6H2,1H3. The highest BCUT2D eigenvalue weighted by atomic mass is 16.4. The molecule has 0 aliphatic carbocycles. The Balaban J connectivity index is 0.000000128. The molecule has 4 aliphatic heterocycles. The van der Waals surface area contributed by atoms with Crippen LogP contribution in [0.15, 0.2) is 152 Å². The molecule has 8 heterocycles. The fourth-order valence-corrected chi connectivity index (χ4v) is 12.8. The van der Waals surface area contributed by atoms with Crippen molar-refractivity contribution in [2.45, 2.75) is 85.7 Å². The van der Waals surface area contributed by atoms with E-state index in [0.29, 0.717) is 117 Å². The number of benzene rings is 6. The number of hydrogen-bond acceptors (Lipinski definition) is 20. The summed E-state index contributed by atoms with van der Waals surface area (Å²) in [5.74, 6) is -0.322. The summed E-state index contributed by atoms with van der Waals surface area (Å²) in [4.78, 5) is 103. The van der Waals surface area contributed by atoms with E-state index in [1.54, 1.807) is 36.1 Å². The van der Waals surface area contributed by atoms with Crippen molar-refractivity contribution in [1.82, 2.24) is 19.6 Å². The van der Waals surface area contributed by atoms with Crippen LogP contribution in [0.1, 0.15) is 116 Å². The maximum Gasteiger partial charge on any atom is 0.341 e. The smallest absolute Gasteiger partial charge is 0.341 e. The first kappa shape index (κ1) is 64.7. The number of hydrogen-bond donors (Lipinski definition) is 5. The predicted molar refractivity (Wildman–Crippen MR) is 353 cm³/mol. The number of amidine groups is 1. The second kappa shape index (κ2) is 27.5. The molecule has 5 N–H and O–H groups in total. The summed E-state index contributed by atoms with van der Waals surface area (Å²) < 4.78 is 21.4. The van der Waals surface area contributed by atoms with Crippen LogP contribution in [0.5, 0.6) is 23.0 Å². The minimum Gasteiger partial charge on any atom is -0.507 e. The van der Waals surface area contributed by atoms with Crippen molar-refractivity contribution in [1.29, 1.82) is 5.41 Å². The second-order valence-electron chi connectivity index (χ2n) is 23.9. The molecule has 0 spiro atoms. The van der Waals surface area contributed by atoms with Crippen LogP contribution in [0.4, 0.5) is 0 Å². The minimum atomic E-state index is -0.517. The Hall–Kier alpha value is -10.9. The van der Waals surface area contributed by atoms with Gasteiger partial charge in [0.2, 0.25) is 0 Å². The summed E-state index contributed by atoms with van der Waals surface area (Å²) in [7, 11) is 0. The number of nitrogens with one attached hydrogen (secondary N) is 1. The molecule has 0 unspecified atom stereocenters. The molecule has 0 atom stereocenters. The van der Waals surface area contributed by atoms with Gasteiger partial charge in [-0.05, 0) is 128 Å². The number of aldehydes is 4. The van der Waals surface area contributed by atoms with Gasteiger partial charge in [-0.15, -0.1) is 0 Å². The highest BCUT2D eigenvalue weighted by molar-refractivity contribution is 6.01. The third-order valence-electron chi connectivity index (χ3n) is 17.6. The summed E-state index contributed by atoms with van der Waals surface area (Å²) in [5, 5.41) is 49.6. The lowest BCUT2D eigenvalue weighted by atomic mass is 9.95. The molecule has 0 amide bonds. The maximum atomic E-state index is 12.5. The van der Waals surface area contributed by atoms with Gasteiger partial charge >= 0.3 is 22.5 Å². The summed E-state index contributed by atoms with van der Waals surface area (Å²) in [6, 6.07) is 31.1. The van der Waals surface area contributed by atoms with Gasteiger partial charge in [-0.25, -0.2) is 19.2 Å². The zero-order valence-corrected chi connectivity index (χ0v) is 51.9. The van der Waals surface area contributed by atoms with Crippen LogP contribution >= 0.6 is 0 Å². The van der Waals surface area contributed by atoms with Gasteiger partial charge in [0.05, 0.1) is 56.9 Å². The van der Waals surface area contributed by atoms with Crippen LogP contribution in [0.3, 0.4) is 0 Å². The maximum absolute atomic E-state index is 12.5. The third kappa shape index (κ3) is 13.1. The highest BCUT2D eigenvalue weighted by Gasteiger charge is 2.29. The van der Waals surface area contributed by atoms with Crippen molar-refractivity contribution >= 4 is 74.9 Å². The lowest BCUT2D eigenvalue weighted by Gasteiger charge is -2.29. The van der Waals surface area contributed by atoms with Crippen molar-refractivity contribution in [2.75, 3.05) is 32.7 Å². The second-order valence-corrected chi connectivity index (χ2v) is 23.9. The van der Waals surface area contributed by atoms with E-state index in [4.69, 9.17) is 23.1 Å². The largest absolute Gasteiger partial charge is 0.507 e. The van der Waals surface area contributed by atoms with Gasteiger partial charge in [0.1, 0.15) is 23.0 Å². The van der Waals surface area contributed by atoms with E-state index < -0.39 is 22.5 Å². The van der Waals surface area contributed by atoms with Crippen molar-refractivity contribution in [3.63, 3.8) is 0 Å². The summed E-state index contributed by atoms with van der Waals surface area (Å²) in [5.41, 5.74) is 9.58. The van der Waals surface area contributed by atoms with E-state index in [2.05, 4.69) is 64.6 Å². The summed E-state index contributed by atoms with van der Waals surface area (Å²) in [6.45, 7) is 16.8. The molecule has 21 heteroatoms. The number of carbonyl (C=O) groups is 4. The normalized spacial score (nSPS) is 14.4. The van der Waals surface area contributed by atoms with Crippen molar-refractivity contribution in [3.05, 3.63) is 240 Å². The van der Waals surface area contributed by atoms with Crippen LogP contribution in [0.25, 0.3) is 43.9 Å². The Bertz CT molecular complexity index is 4950. The van der Waals surface area contributed by atoms with Gasteiger partial charge in [-0.1, -0.05) is 72.3 Å². The Morgan fingerprint density at radius 3 is 1.10 bits per heavy atom. The topological polar surface area (TPSA) is 307 Å². The predicted octanol–water partition coefficient (Wildman–Crippen LogP) is 9.96. The Labute approximate surface area is 536 Å². The summed E-state index contributed by atoms with van der Waals surface area (Å²) in [6.07, 6.45) is 4.76. The van der Waals surface area contributed by atoms with Gasteiger partial charge < -0.3 is 43.0 Å². The third-order valence-corrected chi connectivity index (χ3v) is 17.6. The molecule has 6 aromatic carbocycles. The van der Waals surface area contributed by atoms with E-state index >= 15 is 0 Å². The molecule has 14 rings (SSSR count).